The second-order valence-electron chi connectivity index (χ2n) is 3.96. The van der Waals surface area contributed by atoms with Gasteiger partial charge >= 0.3 is 0 Å². The lowest BCUT2D eigenvalue weighted by molar-refractivity contribution is 0.102. The minimum atomic E-state index is -0.206. The maximum atomic E-state index is 12.1. The number of aromatic nitrogens is 3. The number of fused-ring (bicyclic) bond motifs is 1. The third-order valence-corrected chi connectivity index (χ3v) is 3.18. The first-order valence-electron chi connectivity index (χ1n) is 5.59. The SMILES string of the molecule is O=C(Nc1cccc2cn[nH]c12)c1ccc(Br)nc1. The summed E-state index contributed by atoms with van der Waals surface area (Å²) < 4.78 is 0.694. The van der Waals surface area contributed by atoms with Crippen LogP contribution in [0.2, 0.25) is 0 Å². The molecule has 3 aromatic rings. The Labute approximate surface area is 117 Å². The van der Waals surface area contributed by atoms with Crippen molar-refractivity contribution in [3.8, 4) is 0 Å². The van der Waals surface area contributed by atoms with Crippen molar-refractivity contribution in [2.24, 2.45) is 0 Å². The van der Waals surface area contributed by atoms with E-state index in [0.717, 1.165) is 10.9 Å². The molecular formula is C13H9BrN4O. The molecule has 2 N–H and O–H groups in total. The molecule has 0 radical (unpaired) electrons. The standard InChI is InChI=1S/C13H9BrN4O/c14-11-5-4-9(6-15-11)13(19)17-10-3-1-2-8-7-16-18-12(8)10/h1-7H,(H,16,18)(H,17,19). The Bertz CT molecular complexity index is 736. The number of anilines is 1. The number of halogens is 1. The lowest BCUT2D eigenvalue weighted by Crippen LogP contribution is -2.12. The van der Waals surface area contributed by atoms with Crippen LogP contribution in [0.25, 0.3) is 10.9 Å². The summed E-state index contributed by atoms with van der Waals surface area (Å²) in [5.41, 5.74) is 2.00. The third-order valence-electron chi connectivity index (χ3n) is 2.71. The van der Waals surface area contributed by atoms with Crippen molar-refractivity contribution in [3.63, 3.8) is 0 Å². The summed E-state index contributed by atoms with van der Waals surface area (Å²) in [6, 6.07) is 9.05. The molecule has 0 atom stereocenters. The number of benzene rings is 1. The minimum absolute atomic E-state index is 0.206. The molecule has 0 saturated carbocycles. The van der Waals surface area contributed by atoms with Crippen molar-refractivity contribution in [3.05, 3.63) is 52.9 Å². The number of para-hydroxylation sites is 1. The van der Waals surface area contributed by atoms with Crippen LogP contribution in [0.4, 0.5) is 5.69 Å². The second kappa shape index (κ2) is 4.81. The summed E-state index contributed by atoms with van der Waals surface area (Å²) in [6.45, 7) is 0. The van der Waals surface area contributed by atoms with Gasteiger partial charge < -0.3 is 5.32 Å². The molecule has 0 bridgehead atoms. The molecule has 2 aromatic heterocycles. The molecule has 0 aliphatic rings. The van der Waals surface area contributed by atoms with E-state index in [4.69, 9.17) is 0 Å². The summed E-state index contributed by atoms with van der Waals surface area (Å²) in [5, 5.41) is 10.6. The van der Waals surface area contributed by atoms with Gasteiger partial charge in [-0.3, -0.25) is 9.89 Å². The van der Waals surface area contributed by atoms with Crippen molar-refractivity contribution in [2.45, 2.75) is 0 Å². The van der Waals surface area contributed by atoms with Gasteiger partial charge in [-0.05, 0) is 34.1 Å². The van der Waals surface area contributed by atoms with E-state index in [1.165, 1.54) is 6.20 Å². The van der Waals surface area contributed by atoms with Gasteiger partial charge in [0.2, 0.25) is 0 Å². The highest BCUT2D eigenvalue weighted by Gasteiger charge is 2.09. The normalized spacial score (nSPS) is 10.6. The van der Waals surface area contributed by atoms with Crippen LogP contribution in [0, 0.1) is 0 Å². The number of hydrogen-bond acceptors (Lipinski definition) is 3. The summed E-state index contributed by atoms with van der Waals surface area (Å²) in [6.07, 6.45) is 3.23. The first-order chi connectivity index (χ1) is 9.24. The Hall–Kier alpha value is -2.21. The van der Waals surface area contributed by atoms with Crippen molar-refractivity contribution < 1.29 is 4.79 Å². The summed E-state index contributed by atoms with van der Waals surface area (Å²) in [4.78, 5) is 16.1. The van der Waals surface area contributed by atoms with Crippen molar-refractivity contribution in [1.82, 2.24) is 15.2 Å². The van der Waals surface area contributed by atoms with E-state index in [1.54, 1.807) is 18.3 Å². The molecule has 2 heterocycles. The van der Waals surface area contributed by atoms with Gasteiger partial charge in [-0.25, -0.2) is 4.98 Å². The predicted octanol–water partition coefficient (Wildman–Crippen LogP) is 2.97. The molecule has 0 fully saturated rings. The predicted molar refractivity (Wildman–Crippen MR) is 76.0 cm³/mol. The highest BCUT2D eigenvalue weighted by atomic mass is 79.9. The first-order valence-corrected chi connectivity index (χ1v) is 6.38. The third kappa shape index (κ3) is 2.34. The number of aromatic amines is 1. The van der Waals surface area contributed by atoms with Crippen molar-refractivity contribution in [1.29, 1.82) is 0 Å². The Kier molecular flexibility index (Phi) is 3.00. The number of carbonyl (C=O) groups is 1. The topological polar surface area (TPSA) is 70.7 Å². The minimum Gasteiger partial charge on any atom is -0.320 e. The van der Waals surface area contributed by atoms with Gasteiger partial charge in [0.05, 0.1) is 23.0 Å². The second-order valence-corrected chi connectivity index (χ2v) is 4.78. The smallest absolute Gasteiger partial charge is 0.257 e. The van der Waals surface area contributed by atoms with Crippen LogP contribution in [0.1, 0.15) is 10.4 Å². The number of nitrogens with one attached hydrogen (secondary N) is 2. The number of nitrogens with zero attached hydrogens (tertiary/aromatic N) is 2. The summed E-state index contributed by atoms with van der Waals surface area (Å²) >= 11 is 3.23. The maximum Gasteiger partial charge on any atom is 0.257 e. The van der Waals surface area contributed by atoms with E-state index in [1.807, 2.05) is 18.2 Å². The van der Waals surface area contributed by atoms with Gasteiger partial charge in [0, 0.05) is 11.6 Å². The zero-order valence-corrected chi connectivity index (χ0v) is 11.3. The summed E-state index contributed by atoms with van der Waals surface area (Å²) in [7, 11) is 0. The fourth-order valence-electron chi connectivity index (χ4n) is 1.78. The van der Waals surface area contributed by atoms with Crippen molar-refractivity contribution >= 4 is 38.4 Å². The van der Waals surface area contributed by atoms with Gasteiger partial charge in [-0.15, -0.1) is 0 Å². The molecule has 0 spiro atoms. The zero-order chi connectivity index (χ0) is 13.2. The molecular weight excluding hydrogens is 308 g/mol. The lowest BCUT2D eigenvalue weighted by atomic mass is 10.2. The zero-order valence-electron chi connectivity index (χ0n) is 9.72. The number of carbonyl (C=O) groups excluding carboxylic acids is 1. The van der Waals surface area contributed by atoms with Crippen LogP contribution in [-0.4, -0.2) is 21.1 Å². The molecule has 1 aromatic carbocycles. The molecule has 0 saturated heterocycles. The molecule has 19 heavy (non-hydrogen) atoms. The summed E-state index contributed by atoms with van der Waals surface area (Å²) in [5.74, 6) is -0.206. The van der Waals surface area contributed by atoms with Gasteiger partial charge in [-0.1, -0.05) is 12.1 Å². The van der Waals surface area contributed by atoms with Crippen LogP contribution in [0.5, 0.6) is 0 Å². The maximum absolute atomic E-state index is 12.1. The highest BCUT2D eigenvalue weighted by molar-refractivity contribution is 9.10. The highest BCUT2D eigenvalue weighted by Crippen LogP contribution is 2.21. The van der Waals surface area contributed by atoms with E-state index in [9.17, 15) is 4.79 Å². The van der Waals surface area contributed by atoms with Crippen LogP contribution < -0.4 is 5.32 Å². The lowest BCUT2D eigenvalue weighted by Gasteiger charge is -2.06. The molecule has 6 heteroatoms. The monoisotopic (exact) mass is 316 g/mol. The van der Waals surface area contributed by atoms with Gasteiger partial charge in [0.15, 0.2) is 0 Å². The van der Waals surface area contributed by atoms with E-state index in [-0.39, 0.29) is 5.91 Å². The first kappa shape index (κ1) is 11.9. The van der Waals surface area contributed by atoms with E-state index in [0.29, 0.717) is 15.9 Å². The van der Waals surface area contributed by atoms with Crippen LogP contribution in [-0.2, 0) is 0 Å². The number of H-pyrrole nitrogens is 1. The van der Waals surface area contributed by atoms with Crippen molar-refractivity contribution in [2.75, 3.05) is 5.32 Å². The molecule has 3 rings (SSSR count). The number of hydrogen-bond donors (Lipinski definition) is 2. The Morgan fingerprint density at radius 2 is 2.11 bits per heavy atom. The van der Waals surface area contributed by atoms with E-state index >= 15 is 0 Å². The fraction of sp³-hybridized carbons (Fsp3) is 0. The molecule has 5 nitrogen and oxygen atoms in total. The largest absolute Gasteiger partial charge is 0.320 e. The Morgan fingerprint density at radius 3 is 2.89 bits per heavy atom. The van der Waals surface area contributed by atoms with Crippen LogP contribution in [0.3, 0.4) is 0 Å². The van der Waals surface area contributed by atoms with E-state index < -0.39 is 0 Å². The number of rotatable bonds is 2. The van der Waals surface area contributed by atoms with Gasteiger partial charge in [-0.2, -0.15) is 5.10 Å². The fourth-order valence-corrected chi connectivity index (χ4v) is 2.01. The Balaban J connectivity index is 1.90. The quantitative estimate of drug-likeness (QED) is 0.714. The number of amides is 1. The molecule has 94 valence electrons. The van der Waals surface area contributed by atoms with Gasteiger partial charge in [0.25, 0.3) is 5.91 Å². The molecule has 0 aliphatic heterocycles. The molecule has 0 unspecified atom stereocenters. The molecule has 1 amide bonds. The van der Waals surface area contributed by atoms with Crippen LogP contribution >= 0.6 is 15.9 Å². The average molecular weight is 317 g/mol. The van der Waals surface area contributed by atoms with E-state index in [2.05, 4.69) is 36.4 Å². The average Bonchev–Trinajstić information content (AvgIpc) is 2.89. The van der Waals surface area contributed by atoms with Gasteiger partial charge in [0.1, 0.15) is 4.60 Å². The molecule has 0 aliphatic carbocycles. The Morgan fingerprint density at radius 1 is 1.21 bits per heavy atom. The van der Waals surface area contributed by atoms with Crippen LogP contribution in [0.15, 0.2) is 47.3 Å². The number of pyridine rings is 1.